The Labute approximate surface area is 207 Å². The van der Waals surface area contributed by atoms with Crippen LogP contribution in [0.3, 0.4) is 0 Å². The molecule has 10 nitrogen and oxygen atoms in total. The minimum atomic E-state index is -1.36. The first-order chi connectivity index (χ1) is 17.2. The number of carbonyl (C=O) groups is 5. The van der Waals surface area contributed by atoms with Gasteiger partial charge in [-0.05, 0) is 11.1 Å². The number of rotatable bonds is 8. The quantitative estimate of drug-likeness (QED) is 0.318. The van der Waals surface area contributed by atoms with Crippen molar-refractivity contribution in [2.24, 2.45) is 5.92 Å². The van der Waals surface area contributed by atoms with Gasteiger partial charge in [-0.2, -0.15) is 0 Å². The molecule has 2 saturated heterocycles. The summed E-state index contributed by atoms with van der Waals surface area (Å²) < 4.78 is 10.7. The molecule has 2 aliphatic rings. The molecular formula is C26H26N2O8. The summed E-state index contributed by atoms with van der Waals surface area (Å²) in [5.74, 6) is -6.11. The van der Waals surface area contributed by atoms with Crippen molar-refractivity contribution in [2.45, 2.75) is 50.6 Å². The Morgan fingerprint density at radius 2 is 1.64 bits per heavy atom. The van der Waals surface area contributed by atoms with Gasteiger partial charge in [0.25, 0.3) is 0 Å². The molecule has 2 N–H and O–H groups in total. The number of esters is 2. The van der Waals surface area contributed by atoms with Crippen LogP contribution in [0.5, 0.6) is 0 Å². The fraction of sp³-hybridized carbons (Fsp3) is 0.346. The van der Waals surface area contributed by atoms with E-state index in [1.165, 1.54) is 6.92 Å². The van der Waals surface area contributed by atoms with Crippen LogP contribution >= 0.6 is 0 Å². The maximum atomic E-state index is 13.4. The lowest BCUT2D eigenvalue weighted by atomic mass is 9.90. The molecule has 0 bridgehead atoms. The molecule has 5 unspecified atom stereocenters. The number of ether oxygens (including phenoxy) is 2. The summed E-state index contributed by atoms with van der Waals surface area (Å²) in [4.78, 5) is 63.9. The molecule has 36 heavy (non-hydrogen) atoms. The van der Waals surface area contributed by atoms with Crippen LogP contribution in [0.25, 0.3) is 0 Å². The molecule has 0 saturated carbocycles. The van der Waals surface area contributed by atoms with E-state index >= 15 is 0 Å². The van der Waals surface area contributed by atoms with Gasteiger partial charge in [0.2, 0.25) is 11.8 Å². The van der Waals surface area contributed by atoms with Crippen molar-refractivity contribution in [1.82, 2.24) is 10.2 Å². The molecule has 0 spiro atoms. The summed E-state index contributed by atoms with van der Waals surface area (Å²) in [6, 6.07) is 14.0. The second-order valence-electron chi connectivity index (χ2n) is 8.88. The van der Waals surface area contributed by atoms with Crippen molar-refractivity contribution in [3.8, 4) is 0 Å². The number of β-lactam (4-membered cyclic amide) rings is 1. The summed E-state index contributed by atoms with van der Waals surface area (Å²) in [6.07, 6.45) is -0.924. The van der Waals surface area contributed by atoms with Crippen LogP contribution in [0.4, 0.5) is 0 Å². The maximum Gasteiger partial charge on any atom is 0.326 e. The highest BCUT2D eigenvalue weighted by atomic mass is 16.5. The van der Waals surface area contributed by atoms with E-state index < -0.39 is 65.8 Å². The highest BCUT2D eigenvalue weighted by molar-refractivity contribution is 6.06. The fourth-order valence-electron chi connectivity index (χ4n) is 4.89. The van der Waals surface area contributed by atoms with Gasteiger partial charge in [-0.25, -0.2) is 4.79 Å². The van der Waals surface area contributed by atoms with Gasteiger partial charge in [-0.1, -0.05) is 67.6 Å². The molecular weight excluding hydrogens is 468 g/mol. The molecule has 2 aromatic carbocycles. The highest BCUT2D eigenvalue weighted by Gasteiger charge is 2.65. The van der Waals surface area contributed by atoms with Crippen LogP contribution in [0.2, 0.25) is 0 Å². The number of nitrogens with zero attached hydrogens (tertiary/aromatic N) is 1. The third-order valence-corrected chi connectivity index (χ3v) is 6.54. The number of carbonyl (C=O) groups excluding carboxylic acids is 4. The largest absolute Gasteiger partial charge is 0.480 e. The lowest BCUT2D eigenvalue weighted by Gasteiger charge is -2.45. The summed E-state index contributed by atoms with van der Waals surface area (Å²) in [5, 5.41) is 12.2. The van der Waals surface area contributed by atoms with Gasteiger partial charge in [-0.3, -0.25) is 19.2 Å². The molecule has 0 radical (unpaired) electrons. The second-order valence-corrected chi connectivity index (χ2v) is 8.88. The molecule has 2 heterocycles. The van der Waals surface area contributed by atoms with E-state index in [1.54, 1.807) is 61.5 Å². The third kappa shape index (κ3) is 4.66. The van der Waals surface area contributed by atoms with Crippen molar-refractivity contribution in [3.63, 3.8) is 0 Å². The van der Waals surface area contributed by atoms with Gasteiger partial charge in [0.05, 0.1) is 6.04 Å². The second kappa shape index (κ2) is 10.2. The minimum absolute atomic E-state index is 0.0403. The Kier molecular flexibility index (Phi) is 7.05. The summed E-state index contributed by atoms with van der Waals surface area (Å²) >= 11 is 0. The monoisotopic (exact) mass is 494 g/mol. The molecule has 188 valence electrons. The van der Waals surface area contributed by atoms with Gasteiger partial charge >= 0.3 is 17.9 Å². The van der Waals surface area contributed by atoms with Gasteiger partial charge < -0.3 is 24.8 Å². The van der Waals surface area contributed by atoms with Gasteiger partial charge in [-0.15, -0.1) is 0 Å². The molecule has 0 aromatic heterocycles. The van der Waals surface area contributed by atoms with Gasteiger partial charge in [0.15, 0.2) is 5.92 Å². The van der Waals surface area contributed by atoms with Crippen LogP contribution in [0, 0.1) is 5.92 Å². The number of fused-ring (bicyclic) bond motifs is 1. The van der Waals surface area contributed by atoms with E-state index in [2.05, 4.69) is 5.32 Å². The molecule has 0 aliphatic carbocycles. The van der Waals surface area contributed by atoms with Crippen LogP contribution in [0.15, 0.2) is 60.7 Å². The van der Waals surface area contributed by atoms with E-state index in [-0.39, 0.29) is 6.61 Å². The number of nitrogens with one attached hydrogen (secondary N) is 1. The zero-order valence-corrected chi connectivity index (χ0v) is 19.7. The summed E-state index contributed by atoms with van der Waals surface area (Å²) in [5.41, 5.74) is 1.11. The van der Waals surface area contributed by atoms with Crippen molar-refractivity contribution in [2.75, 3.05) is 0 Å². The average Bonchev–Trinajstić information content (AvgIpc) is 3.11. The van der Waals surface area contributed by atoms with Crippen LogP contribution in [0.1, 0.15) is 30.9 Å². The first-order valence-corrected chi connectivity index (χ1v) is 11.5. The predicted molar refractivity (Wildman–Crippen MR) is 124 cm³/mol. The first kappa shape index (κ1) is 24.9. The predicted octanol–water partition coefficient (Wildman–Crippen LogP) is 1.24. The van der Waals surface area contributed by atoms with Crippen molar-refractivity contribution in [1.29, 1.82) is 0 Å². The summed E-state index contributed by atoms with van der Waals surface area (Å²) in [6.45, 7) is 2.72. The van der Waals surface area contributed by atoms with E-state index in [0.29, 0.717) is 5.56 Å². The van der Waals surface area contributed by atoms with Gasteiger partial charge in [0.1, 0.15) is 24.8 Å². The normalized spacial score (nSPS) is 25.2. The maximum absolute atomic E-state index is 13.4. The van der Waals surface area contributed by atoms with Gasteiger partial charge in [0, 0.05) is 12.8 Å². The number of aliphatic carboxylic acids is 1. The topological polar surface area (TPSA) is 139 Å². The van der Waals surface area contributed by atoms with Crippen molar-refractivity contribution < 1.29 is 38.6 Å². The summed E-state index contributed by atoms with van der Waals surface area (Å²) in [7, 11) is 0. The Hall–Kier alpha value is -4.21. The van der Waals surface area contributed by atoms with Crippen molar-refractivity contribution in [3.05, 3.63) is 71.8 Å². The van der Waals surface area contributed by atoms with Crippen molar-refractivity contribution >= 4 is 29.7 Å². The SMILES string of the molecule is CC(=O)OC1C(C)C(C(=O)O)N2C(=O)C(NC(=O)C(C(=O)OCc3ccccc3)c3ccccc3)[C@@H]12. The highest BCUT2D eigenvalue weighted by Crippen LogP contribution is 2.41. The molecule has 2 fully saturated rings. The standard InChI is InChI=1S/C26H26N2O8/c1-14-20(25(32)33)28-21(22(14)36-15(2)29)19(24(28)31)27-23(30)18(17-11-7-4-8-12-17)26(34)35-13-16-9-5-3-6-10-16/h3-12,14,18-22H,13H2,1-2H3,(H,27,30)(H,32,33)/t14?,18?,19?,20?,21-,22?/m0/s1. The lowest BCUT2D eigenvalue weighted by molar-refractivity contribution is -0.167. The fourth-order valence-corrected chi connectivity index (χ4v) is 4.89. The molecule has 6 atom stereocenters. The van der Waals surface area contributed by atoms with Crippen LogP contribution < -0.4 is 5.32 Å². The first-order valence-electron chi connectivity index (χ1n) is 11.5. The van der Waals surface area contributed by atoms with E-state index in [9.17, 15) is 29.1 Å². The molecule has 2 aliphatic heterocycles. The van der Waals surface area contributed by atoms with E-state index in [4.69, 9.17) is 9.47 Å². The minimum Gasteiger partial charge on any atom is -0.480 e. The lowest BCUT2D eigenvalue weighted by Crippen LogP contribution is -2.73. The molecule has 4 rings (SSSR count). The van der Waals surface area contributed by atoms with E-state index in [1.807, 2.05) is 6.07 Å². The number of amides is 2. The zero-order chi connectivity index (χ0) is 26.0. The number of hydrogen-bond donors (Lipinski definition) is 2. The number of carboxylic acids is 1. The molecule has 10 heteroatoms. The average molecular weight is 495 g/mol. The van der Waals surface area contributed by atoms with Crippen LogP contribution in [-0.4, -0.2) is 64.0 Å². The van der Waals surface area contributed by atoms with E-state index in [0.717, 1.165) is 10.5 Å². The molecule has 2 aromatic rings. The zero-order valence-electron chi connectivity index (χ0n) is 19.7. The van der Waals surface area contributed by atoms with Crippen LogP contribution in [-0.2, 0) is 40.1 Å². The number of hydrogen-bond acceptors (Lipinski definition) is 7. The third-order valence-electron chi connectivity index (χ3n) is 6.54. The number of carboxylic acid groups (broad SMARTS) is 1. The smallest absolute Gasteiger partial charge is 0.326 e. The Morgan fingerprint density at radius 1 is 1.03 bits per heavy atom. The Bertz CT molecular complexity index is 1170. The Balaban J connectivity index is 1.55. The number of benzene rings is 2. The Morgan fingerprint density at radius 3 is 2.22 bits per heavy atom. The molecule has 2 amide bonds.